The van der Waals surface area contributed by atoms with Crippen molar-refractivity contribution in [3.63, 3.8) is 0 Å². The van der Waals surface area contributed by atoms with Crippen molar-refractivity contribution in [3.8, 4) is 0 Å². The van der Waals surface area contributed by atoms with Crippen LogP contribution in [0.2, 0.25) is 0 Å². The number of hydrogen-bond donors (Lipinski definition) is 2. The number of halogens is 1. The van der Waals surface area contributed by atoms with E-state index in [9.17, 15) is 9.59 Å². The van der Waals surface area contributed by atoms with Crippen LogP contribution in [0.5, 0.6) is 0 Å². The molecule has 0 atom stereocenters. The van der Waals surface area contributed by atoms with E-state index < -0.39 is 11.2 Å². The number of aromatic nitrogens is 4. The average Bonchev–Trinajstić information content (AvgIpc) is 3.08. The number of rotatable bonds is 5. The highest BCUT2D eigenvalue weighted by Gasteiger charge is 2.09. The summed E-state index contributed by atoms with van der Waals surface area (Å²) in [6.45, 7) is 2.55. The van der Waals surface area contributed by atoms with E-state index >= 15 is 0 Å². The van der Waals surface area contributed by atoms with Crippen molar-refractivity contribution in [1.82, 2.24) is 19.5 Å². The second-order valence-electron chi connectivity index (χ2n) is 5.33. The number of unbranched alkanes of at least 4 members (excludes halogenated alkanes) is 2. The third-order valence-corrected chi connectivity index (χ3v) is 3.76. The first kappa shape index (κ1) is 18.0. The molecule has 0 amide bonds. The molecule has 0 unspecified atom stereocenters. The van der Waals surface area contributed by atoms with Gasteiger partial charge in [0, 0.05) is 5.88 Å². The molecule has 2 N–H and O–H groups in total. The van der Waals surface area contributed by atoms with E-state index in [2.05, 4.69) is 21.9 Å². The van der Waals surface area contributed by atoms with Crippen molar-refractivity contribution in [2.24, 2.45) is 0 Å². The van der Waals surface area contributed by atoms with Crippen LogP contribution in [0.4, 0.5) is 0 Å². The van der Waals surface area contributed by atoms with Crippen LogP contribution in [0, 0.1) is 0 Å². The highest BCUT2D eigenvalue weighted by Crippen LogP contribution is 2.05. The van der Waals surface area contributed by atoms with E-state index in [1.807, 2.05) is 30.3 Å². The van der Waals surface area contributed by atoms with Crippen LogP contribution < -0.4 is 11.2 Å². The van der Waals surface area contributed by atoms with E-state index in [1.165, 1.54) is 30.2 Å². The van der Waals surface area contributed by atoms with Gasteiger partial charge in [-0.15, -0.1) is 11.6 Å². The summed E-state index contributed by atoms with van der Waals surface area (Å²) in [6, 6.07) is 9.52. The van der Waals surface area contributed by atoms with Crippen molar-refractivity contribution in [3.05, 3.63) is 63.1 Å². The molecule has 3 rings (SSSR count). The van der Waals surface area contributed by atoms with Crippen molar-refractivity contribution in [2.45, 2.75) is 32.7 Å². The number of imidazole rings is 1. The number of nitrogens with one attached hydrogen (secondary N) is 2. The minimum atomic E-state index is -0.455. The van der Waals surface area contributed by atoms with Gasteiger partial charge in [-0.1, -0.05) is 50.1 Å². The van der Waals surface area contributed by atoms with Crippen molar-refractivity contribution in [1.29, 1.82) is 0 Å². The van der Waals surface area contributed by atoms with E-state index in [1.54, 1.807) is 0 Å². The summed E-state index contributed by atoms with van der Waals surface area (Å²) in [5, 5.41) is 0. The first-order chi connectivity index (χ1) is 11.7. The Kier molecular flexibility index (Phi) is 6.81. The van der Waals surface area contributed by atoms with Gasteiger partial charge in [0.05, 0.1) is 12.9 Å². The Morgan fingerprint density at radius 1 is 1.17 bits per heavy atom. The molecule has 2 heterocycles. The fourth-order valence-corrected chi connectivity index (χ4v) is 2.43. The van der Waals surface area contributed by atoms with Crippen molar-refractivity contribution >= 4 is 22.8 Å². The lowest BCUT2D eigenvalue weighted by Crippen LogP contribution is -2.30. The molecule has 128 valence electrons. The maximum Gasteiger partial charge on any atom is 0.330 e. The zero-order chi connectivity index (χ0) is 17.4. The predicted octanol–water partition coefficient (Wildman–Crippen LogP) is 2.88. The molecule has 0 bridgehead atoms. The van der Waals surface area contributed by atoms with Gasteiger partial charge in [0.15, 0.2) is 5.65 Å². The fraction of sp³-hybridized carbons (Fsp3) is 0.353. The van der Waals surface area contributed by atoms with Gasteiger partial charge in [-0.2, -0.15) is 0 Å². The molecule has 0 aliphatic rings. The molecule has 0 fully saturated rings. The maximum atomic E-state index is 11.8. The number of fused-ring (bicyclic) bond motifs is 1. The zero-order valence-corrected chi connectivity index (χ0v) is 14.3. The largest absolute Gasteiger partial charge is 0.339 e. The number of hydrogen-bond acceptors (Lipinski definition) is 3. The van der Waals surface area contributed by atoms with Gasteiger partial charge in [0.25, 0.3) is 5.56 Å². The van der Waals surface area contributed by atoms with E-state index in [-0.39, 0.29) is 0 Å². The monoisotopic (exact) mass is 348 g/mol. The van der Waals surface area contributed by atoms with Crippen LogP contribution in [-0.4, -0.2) is 25.4 Å². The predicted molar refractivity (Wildman–Crippen MR) is 96.8 cm³/mol. The SMILES string of the molecule is CCCCCCl.O=c1[nH]c(=O)n(Cc2ccccc2)c2nc[nH]c12. The van der Waals surface area contributed by atoms with Crippen LogP contribution >= 0.6 is 11.6 Å². The quantitative estimate of drug-likeness (QED) is 0.549. The Balaban J connectivity index is 0.000000301. The molecule has 6 nitrogen and oxygen atoms in total. The number of aromatic amines is 2. The van der Waals surface area contributed by atoms with Gasteiger partial charge in [0.2, 0.25) is 0 Å². The molecular formula is C17H21ClN4O2. The third kappa shape index (κ3) is 4.58. The number of nitrogens with zero attached hydrogens (tertiary/aromatic N) is 2. The molecule has 7 heteroatoms. The van der Waals surface area contributed by atoms with E-state index in [0.717, 1.165) is 11.4 Å². The second-order valence-corrected chi connectivity index (χ2v) is 5.71. The van der Waals surface area contributed by atoms with E-state index in [4.69, 9.17) is 11.6 Å². The Bertz CT molecular complexity index is 863. The lowest BCUT2D eigenvalue weighted by Gasteiger charge is -2.05. The van der Waals surface area contributed by atoms with Crippen LogP contribution in [0.1, 0.15) is 31.7 Å². The molecule has 1 aromatic carbocycles. The average molecular weight is 349 g/mol. The minimum Gasteiger partial charge on any atom is -0.339 e. The van der Waals surface area contributed by atoms with Gasteiger partial charge in [-0.25, -0.2) is 9.78 Å². The summed E-state index contributed by atoms with van der Waals surface area (Å²) in [7, 11) is 0. The van der Waals surface area contributed by atoms with Gasteiger partial charge < -0.3 is 4.98 Å². The molecular weight excluding hydrogens is 328 g/mol. The summed E-state index contributed by atoms with van der Waals surface area (Å²) in [6.07, 6.45) is 5.13. The Labute approximate surface area is 144 Å². The first-order valence-corrected chi connectivity index (χ1v) is 8.47. The first-order valence-electron chi connectivity index (χ1n) is 7.93. The number of alkyl halides is 1. The Morgan fingerprint density at radius 2 is 1.92 bits per heavy atom. The topological polar surface area (TPSA) is 83.5 Å². The number of H-pyrrole nitrogens is 2. The molecule has 0 spiro atoms. The Hall–Kier alpha value is -2.34. The summed E-state index contributed by atoms with van der Waals surface area (Å²) < 4.78 is 1.43. The molecule has 0 radical (unpaired) electrons. The lowest BCUT2D eigenvalue weighted by molar-refractivity contribution is 0.748. The normalized spacial score (nSPS) is 10.4. The van der Waals surface area contributed by atoms with Gasteiger partial charge >= 0.3 is 5.69 Å². The molecule has 0 aliphatic carbocycles. The van der Waals surface area contributed by atoms with Gasteiger partial charge in [0.1, 0.15) is 5.52 Å². The summed E-state index contributed by atoms with van der Waals surface area (Å²) in [5.41, 5.74) is 0.745. The molecule has 2 aromatic heterocycles. The maximum absolute atomic E-state index is 11.8. The minimum absolute atomic E-state index is 0.311. The van der Waals surface area contributed by atoms with Crippen molar-refractivity contribution < 1.29 is 0 Å². The molecule has 3 aromatic rings. The van der Waals surface area contributed by atoms with Gasteiger partial charge in [-0.05, 0) is 12.0 Å². The van der Waals surface area contributed by atoms with Crippen molar-refractivity contribution in [2.75, 3.05) is 5.88 Å². The molecule has 24 heavy (non-hydrogen) atoms. The second kappa shape index (κ2) is 9.08. The lowest BCUT2D eigenvalue weighted by atomic mass is 10.2. The Morgan fingerprint density at radius 3 is 2.54 bits per heavy atom. The summed E-state index contributed by atoms with van der Waals surface area (Å²) in [5.74, 6) is 0.827. The summed E-state index contributed by atoms with van der Waals surface area (Å²) in [4.78, 5) is 32.4. The highest BCUT2D eigenvalue weighted by molar-refractivity contribution is 6.17. The fourth-order valence-electron chi connectivity index (χ4n) is 2.24. The number of benzene rings is 1. The summed E-state index contributed by atoms with van der Waals surface area (Å²) >= 11 is 5.38. The zero-order valence-electron chi connectivity index (χ0n) is 13.6. The standard InChI is InChI=1S/C12H10N4O2.C5H11Cl/c17-11-9-10(14-7-13-9)16(12(18)15-11)6-8-4-2-1-3-5-8;1-2-3-4-5-6/h1-5,7H,6H2,(H,13,14)(H,15,17,18);2-5H2,1H3. The van der Waals surface area contributed by atoms with Crippen LogP contribution in [0.15, 0.2) is 46.2 Å². The smallest absolute Gasteiger partial charge is 0.330 e. The van der Waals surface area contributed by atoms with Gasteiger partial charge in [-0.3, -0.25) is 14.3 Å². The third-order valence-electron chi connectivity index (χ3n) is 3.49. The van der Waals surface area contributed by atoms with E-state index in [0.29, 0.717) is 17.7 Å². The van der Waals surface area contributed by atoms with Crippen LogP contribution in [0.3, 0.4) is 0 Å². The molecule has 0 saturated heterocycles. The molecule has 0 aliphatic heterocycles. The molecule has 0 saturated carbocycles. The van der Waals surface area contributed by atoms with Crippen LogP contribution in [-0.2, 0) is 6.54 Å². The van der Waals surface area contributed by atoms with Crippen LogP contribution in [0.25, 0.3) is 11.2 Å². The highest BCUT2D eigenvalue weighted by atomic mass is 35.5.